The van der Waals surface area contributed by atoms with E-state index in [-0.39, 0.29) is 5.54 Å². The molecule has 2 N–H and O–H groups in total. The molecule has 0 aromatic heterocycles. The van der Waals surface area contributed by atoms with Gasteiger partial charge in [-0.15, -0.1) is 6.58 Å². The van der Waals surface area contributed by atoms with E-state index >= 15 is 0 Å². The molecule has 13 heavy (non-hydrogen) atoms. The van der Waals surface area contributed by atoms with Crippen molar-refractivity contribution in [3.63, 3.8) is 0 Å². The number of rotatable bonds is 4. The fourth-order valence-electron chi connectivity index (χ4n) is 2.55. The third-order valence-corrected chi connectivity index (χ3v) is 3.60. The minimum absolute atomic E-state index is 0.0438. The van der Waals surface area contributed by atoms with Crippen molar-refractivity contribution in [3.8, 4) is 0 Å². The fraction of sp³-hybridized carbons (Fsp3) is 0.833. The molecule has 0 spiro atoms. The highest BCUT2D eigenvalue weighted by Crippen LogP contribution is 2.35. The number of nitrogens with two attached hydrogens (primary N) is 1. The van der Waals surface area contributed by atoms with E-state index < -0.39 is 0 Å². The van der Waals surface area contributed by atoms with Gasteiger partial charge in [0, 0.05) is 5.54 Å². The lowest BCUT2D eigenvalue weighted by Crippen LogP contribution is -2.47. The van der Waals surface area contributed by atoms with E-state index in [1.54, 1.807) is 0 Å². The molecule has 1 rings (SSSR count). The Balaban J connectivity index is 2.56. The summed E-state index contributed by atoms with van der Waals surface area (Å²) >= 11 is 0. The molecule has 76 valence electrons. The van der Waals surface area contributed by atoms with Gasteiger partial charge >= 0.3 is 0 Å². The van der Waals surface area contributed by atoms with Gasteiger partial charge in [-0.3, -0.25) is 0 Å². The Morgan fingerprint density at radius 3 is 2.46 bits per heavy atom. The van der Waals surface area contributed by atoms with Crippen molar-refractivity contribution in [3.05, 3.63) is 12.7 Å². The molecular weight excluding hydrogens is 158 g/mol. The lowest BCUT2D eigenvalue weighted by molar-refractivity contribution is 0.200. The van der Waals surface area contributed by atoms with E-state index in [9.17, 15) is 0 Å². The van der Waals surface area contributed by atoms with Gasteiger partial charge < -0.3 is 5.73 Å². The molecule has 0 aromatic rings. The Bertz CT molecular complexity index is 159. The first-order valence-electron chi connectivity index (χ1n) is 5.62. The average molecular weight is 181 g/mol. The quantitative estimate of drug-likeness (QED) is 0.662. The van der Waals surface area contributed by atoms with Gasteiger partial charge in [0.2, 0.25) is 0 Å². The first-order chi connectivity index (χ1) is 6.23. The van der Waals surface area contributed by atoms with Crippen molar-refractivity contribution in [2.75, 3.05) is 0 Å². The lowest BCUT2D eigenvalue weighted by Gasteiger charge is -2.38. The molecule has 0 saturated heterocycles. The third kappa shape index (κ3) is 2.57. The second kappa shape index (κ2) is 4.80. The number of hydrogen-bond donors (Lipinski definition) is 1. The van der Waals surface area contributed by atoms with Crippen LogP contribution in [0.25, 0.3) is 0 Å². The van der Waals surface area contributed by atoms with Crippen LogP contribution in [0.5, 0.6) is 0 Å². The van der Waals surface area contributed by atoms with E-state index in [4.69, 9.17) is 5.73 Å². The Morgan fingerprint density at radius 2 is 2.00 bits per heavy atom. The summed E-state index contributed by atoms with van der Waals surface area (Å²) in [6, 6.07) is 0. The minimum atomic E-state index is 0.0438. The first kappa shape index (κ1) is 10.8. The zero-order chi connectivity index (χ0) is 9.73. The van der Waals surface area contributed by atoms with Crippen LogP contribution < -0.4 is 5.73 Å². The van der Waals surface area contributed by atoms with Crippen LogP contribution >= 0.6 is 0 Å². The molecule has 0 amide bonds. The van der Waals surface area contributed by atoms with Gasteiger partial charge in [0.05, 0.1) is 0 Å². The summed E-state index contributed by atoms with van der Waals surface area (Å²) in [4.78, 5) is 0. The molecule has 0 aliphatic heterocycles. The summed E-state index contributed by atoms with van der Waals surface area (Å²) < 4.78 is 0. The van der Waals surface area contributed by atoms with Gasteiger partial charge in [-0.25, -0.2) is 0 Å². The van der Waals surface area contributed by atoms with E-state index in [0.717, 1.165) is 18.8 Å². The van der Waals surface area contributed by atoms with Gasteiger partial charge in [-0.05, 0) is 31.6 Å². The van der Waals surface area contributed by atoms with Crippen LogP contribution in [-0.2, 0) is 0 Å². The topological polar surface area (TPSA) is 26.0 Å². The molecular formula is C12H23N. The predicted octanol–water partition coefficient (Wildman–Crippen LogP) is 3.25. The monoisotopic (exact) mass is 181 g/mol. The van der Waals surface area contributed by atoms with Crippen LogP contribution in [0, 0.1) is 5.92 Å². The van der Waals surface area contributed by atoms with Crippen LogP contribution in [0.3, 0.4) is 0 Å². The Morgan fingerprint density at radius 1 is 1.38 bits per heavy atom. The minimum Gasteiger partial charge on any atom is -0.325 e. The molecule has 0 bridgehead atoms. The molecule has 1 fully saturated rings. The van der Waals surface area contributed by atoms with Crippen molar-refractivity contribution >= 4 is 0 Å². The van der Waals surface area contributed by atoms with Crippen LogP contribution in [0.1, 0.15) is 51.9 Å². The molecule has 0 heterocycles. The summed E-state index contributed by atoms with van der Waals surface area (Å²) in [5.41, 5.74) is 6.46. The molecule has 1 unspecified atom stereocenters. The molecule has 1 atom stereocenters. The van der Waals surface area contributed by atoms with Crippen LogP contribution in [0.4, 0.5) is 0 Å². The molecule has 1 aliphatic rings. The van der Waals surface area contributed by atoms with Crippen LogP contribution in [0.15, 0.2) is 12.7 Å². The summed E-state index contributed by atoms with van der Waals surface area (Å²) in [6.45, 7) is 6.01. The van der Waals surface area contributed by atoms with Gasteiger partial charge in [-0.1, -0.05) is 32.3 Å². The van der Waals surface area contributed by atoms with E-state index in [2.05, 4.69) is 13.5 Å². The fourth-order valence-corrected chi connectivity index (χ4v) is 2.55. The average Bonchev–Trinajstić information content (AvgIpc) is 2.19. The maximum atomic E-state index is 6.41. The second-order valence-electron chi connectivity index (χ2n) is 4.41. The Labute approximate surface area is 82.4 Å². The largest absolute Gasteiger partial charge is 0.325 e. The SMILES string of the molecule is C=CCC(N)(CC)C1CCCCC1. The van der Waals surface area contributed by atoms with Crippen molar-refractivity contribution in [1.82, 2.24) is 0 Å². The molecule has 0 aromatic carbocycles. The van der Waals surface area contributed by atoms with E-state index in [0.29, 0.717) is 0 Å². The summed E-state index contributed by atoms with van der Waals surface area (Å²) in [5.74, 6) is 0.740. The summed E-state index contributed by atoms with van der Waals surface area (Å²) in [6.07, 6.45) is 10.9. The van der Waals surface area contributed by atoms with Crippen molar-refractivity contribution in [2.45, 2.75) is 57.4 Å². The highest BCUT2D eigenvalue weighted by molar-refractivity contribution is 4.96. The van der Waals surface area contributed by atoms with E-state index in [1.165, 1.54) is 32.1 Å². The van der Waals surface area contributed by atoms with Gasteiger partial charge in [-0.2, -0.15) is 0 Å². The van der Waals surface area contributed by atoms with Gasteiger partial charge in [0.15, 0.2) is 0 Å². The van der Waals surface area contributed by atoms with Crippen LogP contribution in [-0.4, -0.2) is 5.54 Å². The van der Waals surface area contributed by atoms with Crippen LogP contribution in [0.2, 0.25) is 0 Å². The molecule has 1 nitrogen and oxygen atoms in total. The second-order valence-corrected chi connectivity index (χ2v) is 4.41. The summed E-state index contributed by atoms with van der Waals surface area (Å²) in [5, 5.41) is 0. The highest BCUT2D eigenvalue weighted by Gasteiger charge is 2.32. The third-order valence-electron chi connectivity index (χ3n) is 3.60. The van der Waals surface area contributed by atoms with Gasteiger partial charge in [0.25, 0.3) is 0 Å². The summed E-state index contributed by atoms with van der Waals surface area (Å²) in [7, 11) is 0. The molecule has 1 heteroatoms. The molecule has 0 radical (unpaired) electrons. The zero-order valence-corrected chi connectivity index (χ0v) is 8.89. The maximum absolute atomic E-state index is 6.41. The molecule has 1 saturated carbocycles. The smallest absolute Gasteiger partial charge is 0.0215 e. The number of hydrogen-bond acceptors (Lipinski definition) is 1. The van der Waals surface area contributed by atoms with E-state index in [1.807, 2.05) is 6.08 Å². The zero-order valence-electron chi connectivity index (χ0n) is 8.89. The maximum Gasteiger partial charge on any atom is 0.0215 e. The highest BCUT2D eigenvalue weighted by atomic mass is 14.8. The molecule has 1 aliphatic carbocycles. The first-order valence-corrected chi connectivity index (χ1v) is 5.62. The predicted molar refractivity (Wildman–Crippen MR) is 58.6 cm³/mol. The Hall–Kier alpha value is -0.300. The van der Waals surface area contributed by atoms with Crippen molar-refractivity contribution < 1.29 is 0 Å². The standard InChI is InChI=1S/C12H23N/c1-3-10-12(13,4-2)11-8-6-5-7-9-11/h3,11H,1,4-10,13H2,2H3. The van der Waals surface area contributed by atoms with Crippen molar-refractivity contribution in [2.24, 2.45) is 11.7 Å². The normalized spacial score (nSPS) is 23.8. The Kier molecular flexibility index (Phi) is 3.98. The lowest BCUT2D eigenvalue weighted by atomic mass is 9.72. The van der Waals surface area contributed by atoms with Crippen molar-refractivity contribution in [1.29, 1.82) is 0 Å². The van der Waals surface area contributed by atoms with Gasteiger partial charge in [0.1, 0.15) is 0 Å².